The lowest BCUT2D eigenvalue weighted by molar-refractivity contribution is -0.149. The van der Waals surface area contributed by atoms with Gasteiger partial charge in [0.2, 0.25) is 0 Å². The lowest BCUT2D eigenvalue weighted by Gasteiger charge is -2.39. The van der Waals surface area contributed by atoms with E-state index in [9.17, 15) is 9.59 Å². The number of unbranched alkanes of at least 4 members (excludes halogenated alkanes) is 10. The van der Waals surface area contributed by atoms with Gasteiger partial charge in [-0.15, -0.1) is 0 Å². The lowest BCUT2D eigenvalue weighted by atomic mass is 9.59. The molecular weight excluding hydrogens is 472 g/mol. The first-order valence-electron chi connectivity index (χ1n) is 14.8. The van der Waals surface area contributed by atoms with Crippen molar-refractivity contribution in [2.75, 3.05) is 7.11 Å². The van der Waals surface area contributed by atoms with Crippen molar-refractivity contribution in [1.29, 1.82) is 0 Å². The second kappa shape index (κ2) is 11.9. The molecule has 0 unspecified atom stereocenters. The van der Waals surface area contributed by atoms with E-state index in [1.165, 1.54) is 64.9 Å². The minimum Gasteiger partial charge on any atom is -0.469 e. The van der Waals surface area contributed by atoms with E-state index in [4.69, 9.17) is 9.47 Å². The summed E-state index contributed by atoms with van der Waals surface area (Å²) in [5, 5.41) is 4.43. The molecule has 0 aromatic heterocycles. The van der Waals surface area contributed by atoms with Crippen LogP contribution in [-0.4, -0.2) is 25.2 Å². The summed E-state index contributed by atoms with van der Waals surface area (Å²) in [5.41, 5.74) is 1.06. The van der Waals surface area contributed by atoms with Crippen molar-refractivity contribution in [2.24, 2.45) is 5.92 Å². The Labute approximate surface area is 227 Å². The molecule has 3 atom stereocenters. The highest BCUT2D eigenvalue weighted by Gasteiger charge is 2.64. The second-order valence-electron chi connectivity index (χ2n) is 11.4. The number of methoxy groups -OCH3 is 1. The van der Waals surface area contributed by atoms with Crippen molar-refractivity contribution in [1.82, 2.24) is 0 Å². The van der Waals surface area contributed by atoms with Gasteiger partial charge in [0.25, 0.3) is 0 Å². The molecule has 2 bridgehead atoms. The first-order chi connectivity index (χ1) is 18.6. The van der Waals surface area contributed by atoms with E-state index >= 15 is 0 Å². The Morgan fingerprint density at radius 2 is 1.32 bits per heavy atom. The average Bonchev–Trinajstić information content (AvgIpc) is 3.21. The molecule has 0 amide bonds. The largest absolute Gasteiger partial charge is 0.469 e. The first-order valence-corrected chi connectivity index (χ1v) is 14.8. The smallest absolute Gasteiger partial charge is 0.318 e. The van der Waals surface area contributed by atoms with Crippen LogP contribution in [0, 0.1) is 5.92 Å². The van der Waals surface area contributed by atoms with E-state index in [0.717, 1.165) is 45.5 Å². The molecule has 1 aliphatic heterocycles. The van der Waals surface area contributed by atoms with Gasteiger partial charge in [0.05, 0.1) is 7.11 Å². The Morgan fingerprint density at radius 3 is 1.84 bits per heavy atom. The van der Waals surface area contributed by atoms with E-state index < -0.39 is 17.4 Å². The molecule has 3 aromatic carbocycles. The van der Waals surface area contributed by atoms with Crippen LogP contribution in [0.25, 0.3) is 21.5 Å². The molecule has 0 N–H and O–H groups in total. The van der Waals surface area contributed by atoms with Gasteiger partial charge < -0.3 is 9.47 Å². The molecule has 38 heavy (non-hydrogen) atoms. The maximum Gasteiger partial charge on any atom is 0.318 e. The summed E-state index contributed by atoms with van der Waals surface area (Å²) in [6.45, 7) is 2.26. The van der Waals surface area contributed by atoms with E-state index in [0.29, 0.717) is 12.8 Å². The number of benzene rings is 3. The Morgan fingerprint density at radius 1 is 0.816 bits per heavy atom. The monoisotopic (exact) mass is 514 g/mol. The van der Waals surface area contributed by atoms with Crippen LogP contribution in [0.1, 0.15) is 95.1 Å². The highest BCUT2D eigenvalue weighted by Crippen LogP contribution is 2.56. The topological polar surface area (TPSA) is 52.6 Å². The van der Waals surface area contributed by atoms with Crippen molar-refractivity contribution >= 4 is 33.5 Å². The summed E-state index contributed by atoms with van der Waals surface area (Å²) in [4.78, 5) is 27.2. The molecule has 4 heteroatoms. The van der Waals surface area contributed by atoms with Gasteiger partial charge in [0, 0.05) is 0 Å². The minimum absolute atomic E-state index is 0.266. The molecule has 1 spiro atoms. The molecule has 6 rings (SSSR count). The molecule has 0 radical (unpaired) electrons. The molecule has 3 aliphatic rings. The van der Waals surface area contributed by atoms with Crippen molar-refractivity contribution in [3.63, 3.8) is 0 Å². The van der Waals surface area contributed by atoms with Gasteiger partial charge in [-0.1, -0.05) is 120 Å². The number of esters is 2. The zero-order chi connectivity index (χ0) is 26.5. The normalized spacial score (nSPS) is 22.0. The third-order valence-electron chi connectivity index (χ3n) is 9.02. The Bertz CT molecular complexity index is 1240. The predicted molar refractivity (Wildman–Crippen MR) is 153 cm³/mol. The average molecular weight is 515 g/mol. The van der Waals surface area contributed by atoms with Crippen LogP contribution in [0.5, 0.6) is 0 Å². The van der Waals surface area contributed by atoms with Gasteiger partial charge in [0.1, 0.15) is 17.4 Å². The standard InChI is InChI=1S/C34H42O4/c1-3-4-5-6-7-8-9-10-11-12-13-22-29-31(32(35)37-2)34(33(36)38-29)23-28-24-18-14-16-20-26(24)30(34)27-21-17-15-19-25(27)28/h14-21,29,31H,3-13,22-23H2,1-2H3/t29-,31-,34+/m1/s1. The maximum atomic E-state index is 13.8. The van der Waals surface area contributed by atoms with Gasteiger partial charge in [-0.2, -0.15) is 0 Å². The Balaban J connectivity index is 1.31. The van der Waals surface area contributed by atoms with E-state index in [-0.39, 0.29) is 11.9 Å². The second-order valence-corrected chi connectivity index (χ2v) is 11.4. The van der Waals surface area contributed by atoms with Crippen molar-refractivity contribution < 1.29 is 19.1 Å². The number of cyclic esters (lactones) is 1. The van der Waals surface area contributed by atoms with Gasteiger partial charge in [-0.25, -0.2) is 0 Å². The fourth-order valence-electron chi connectivity index (χ4n) is 7.17. The number of ether oxygens (including phenoxy) is 2. The zero-order valence-electron chi connectivity index (χ0n) is 23.1. The molecule has 0 saturated carbocycles. The van der Waals surface area contributed by atoms with Crippen LogP contribution >= 0.6 is 0 Å². The van der Waals surface area contributed by atoms with Crippen LogP contribution in [0.2, 0.25) is 0 Å². The molecule has 1 saturated heterocycles. The van der Waals surface area contributed by atoms with Crippen LogP contribution in [0.4, 0.5) is 0 Å². The summed E-state index contributed by atoms with van der Waals surface area (Å²) in [5.74, 6) is -1.23. The summed E-state index contributed by atoms with van der Waals surface area (Å²) in [6, 6.07) is 16.5. The van der Waals surface area contributed by atoms with Crippen LogP contribution < -0.4 is 0 Å². The van der Waals surface area contributed by atoms with Crippen LogP contribution in [0.3, 0.4) is 0 Å². The number of carbonyl (C=O) groups excluding carboxylic acids is 2. The Kier molecular flexibility index (Phi) is 8.35. The zero-order valence-corrected chi connectivity index (χ0v) is 23.1. The third kappa shape index (κ3) is 4.72. The summed E-state index contributed by atoms with van der Waals surface area (Å²) >= 11 is 0. The molecule has 1 fully saturated rings. The van der Waals surface area contributed by atoms with Crippen LogP contribution in [0.15, 0.2) is 48.5 Å². The maximum absolute atomic E-state index is 13.8. The highest BCUT2D eigenvalue weighted by molar-refractivity contribution is 6.14. The van der Waals surface area contributed by atoms with E-state index in [1.807, 2.05) is 24.3 Å². The molecule has 1 heterocycles. The van der Waals surface area contributed by atoms with Gasteiger partial charge >= 0.3 is 11.9 Å². The molecule has 4 nitrogen and oxygen atoms in total. The van der Waals surface area contributed by atoms with Crippen molar-refractivity contribution in [3.05, 3.63) is 59.7 Å². The number of rotatable bonds is 13. The molecular formula is C34H42O4. The van der Waals surface area contributed by atoms with E-state index in [1.54, 1.807) is 0 Å². The highest BCUT2D eigenvalue weighted by atomic mass is 16.6. The lowest BCUT2D eigenvalue weighted by Crippen LogP contribution is -2.48. The van der Waals surface area contributed by atoms with Crippen molar-refractivity contribution in [2.45, 2.75) is 102 Å². The van der Waals surface area contributed by atoms with Crippen molar-refractivity contribution in [3.8, 4) is 0 Å². The molecule has 202 valence electrons. The molecule has 3 aromatic rings. The summed E-state index contributed by atoms with van der Waals surface area (Å²) < 4.78 is 11.4. The SMILES string of the molecule is CCCCCCCCCCCCC[C@H]1OC(=O)[C@]2(Cc3c4ccccc4c2c2ccccc32)[C@H]1C(=O)OC. The minimum atomic E-state index is -1.02. The quantitative estimate of drug-likeness (QED) is 0.131. The van der Waals surface area contributed by atoms with E-state index in [2.05, 4.69) is 31.2 Å². The summed E-state index contributed by atoms with van der Waals surface area (Å²) in [6.07, 6.45) is 14.6. The first kappa shape index (κ1) is 26.7. The predicted octanol–water partition coefficient (Wildman–Crippen LogP) is 8.20. The van der Waals surface area contributed by atoms with Gasteiger partial charge in [-0.3, -0.25) is 9.59 Å². The number of carbonyl (C=O) groups is 2. The van der Waals surface area contributed by atoms with Gasteiger partial charge in [0.15, 0.2) is 0 Å². The molecule has 2 aliphatic carbocycles. The fourth-order valence-corrected chi connectivity index (χ4v) is 7.17. The van der Waals surface area contributed by atoms with Crippen LogP contribution in [-0.2, 0) is 30.9 Å². The Hall–Kier alpha value is -2.88. The fraction of sp³-hybridized carbons (Fsp3) is 0.529. The third-order valence-corrected chi connectivity index (χ3v) is 9.02. The summed E-state index contributed by atoms with van der Waals surface area (Å²) in [7, 11) is 1.43. The number of hydrogen-bond donors (Lipinski definition) is 0. The van der Waals surface area contributed by atoms with Gasteiger partial charge in [-0.05, 0) is 51.9 Å². The number of hydrogen-bond acceptors (Lipinski definition) is 4.